The summed E-state index contributed by atoms with van der Waals surface area (Å²) in [6.07, 6.45) is 1.90. The molecule has 158 valence electrons. The predicted molar refractivity (Wildman–Crippen MR) is 118 cm³/mol. The first-order valence-corrected chi connectivity index (χ1v) is 10.8. The molecule has 1 fully saturated rings. The number of hydrogen-bond donors (Lipinski definition) is 1. The summed E-state index contributed by atoms with van der Waals surface area (Å²) in [6.45, 7) is 11.0. The molecule has 0 bridgehead atoms. The second-order valence-corrected chi connectivity index (χ2v) is 8.71. The van der Waals surface area contributed by atoms with Gasteiger partial charge in [-0.05, 0) is 44.2 Å². The molecule has 3 heterocycles. The average Bonchev–Trinajstić information content (AvgIpc) is 3.10. The highest BCUT2D eigenvalue weighted by Crippen LogP contribution is 2.25. The van der Waals surface area contributed by atoms with Crippen molar-refractivity contribution in [1.29, 1.82) is 0 Å². The van der Waals surface area contributed by atoms with Crippen LogP contribution in [0.5, 0.6) is 0 Å². The minimum Gasteiger partial charge on any atom is -0.349 e. The lowest BCUT2D eigenvalue weighted by molar-refractivity contribution is 0.0910. The van der Waals surface area contributed by atoms with Gasteiger partial charge in [-0.15, -0.1) is 0 Å². The number of piperidine rings is 1. The Hall–Kier alpha value is -2.73. The van der Waals surface area contributed by atoms with Crippen molar-refractivity contribution in [3.05, 3.63) is 58.4 Å². The van der Waals surface area contributed by atoms with Crippen molar-refractivity contribution in [2.45, 2.75) is 59.0 Å². The third kappa shape index (κ3) is 4.38. The summed E-state index contributed by atoms with van der Waals surface area (Å²) < 4.78 is 5.35. The van der Waals surface area contributed by atoms with Crippen LogP contribution in [0.2, 0.25) is 0 Å². The van der Waals surface area contributed by atoms with Gasteiger partial charge in [0.15, 0.2) is 0 Å². The van der Waals surface area contributed by atoms with E-state index in [0.717, 1.165) is 38.2 Å². The summed E-state index contributed by atoms with van der Waals surface area (Å²) in [7, 11) is 0. The van der Waals surface area contributed by atoms with E-state index >= 15 is 0 Å². The van der Waals surface area contributed by atoms with Gasteiger partial charge >= 0.3 is 0 Å². The van der Waals surface area contributed by atoms with Gasteiger partial charge in [0.2, 0.25) is 0 Å². The Morgan fingerprint density at radius 3 is 2.70 bits per heavy atom. The van der Waals surface area contributed by atoms with E-state index in [9.17, 15) is 4.79 Å². The highest BCUT2D eigenvalue weighted by Gasteiger charge is 2.24. The van der Waals surface area contributed by atoms with Gasteiger partial charge in [0.05, 0.1) is 16.6 Å². The Morgan fingerprint density at radius 1 is 1.23 bits per heavy atom. The number of fused-ring (bicyclic) bond motifs is 1. The average molecular weight is 407 g/mol. The number of benzene rings is 1. The third-order valence-corrected chi connectivity index (χ3v) is 5.88. The predicted octanol–water partition coefficient (Wildman–Crippen LogP) is 4.36. The van der Waals surface area contributed by atoms with Crippen molar-refractivity contribution in [3.63, 3.8) is 0 Å². The molecule has 1 amide bonds. The smallest absolute Gasteiger partial charge is 0.259 e. The molecule has 3 aromatic rings. The fraction of sp³-hybridized carbons (Fsp3) is 0.458. The number of aryl methyl sites for hydroxylation is 2. The molecule has 1 aromatic carbocycles. The molecule has 1 aliphatic heterocycles. The molecule has 0 radical (unpaired) electrons. The first-order chi connectivity index (χ1) is 14.4. The van der Waals surface area contributed by atoms with Gasteiger partial charge in [0, 0.05) is 31.4 Å². The lowest BCUT2D eigenvalue weighted by Crippen LogP contribution is -2.44. The molecule has 6 nitrogen and oxygen atoms in total. The maximum atomic E-state index is 13.1. The normalized spacial score (nSPS) is 15.8. The van der Waals surface area contributed by atoms with E-state index in [4.69, 9.17) is 4.52 Å². The number of likely N-dealkylation sites (tertiary alicyclic amines) is 1. The lowest BCUT2D eigenvalue weighted by Gasteiger charge is -2.32. The summed E-state index contributed by atoms with van der Waals surface area (Å²) in [4.78, 5) is 20.1. The Kier molecular flexibility index (Phi) is 5.86. The van der Waals surface area contributed by atoms with Crippen LogP contribution in [0.25, 0.3) is 11.1 Å². The number of amides is 1. The minimum atomic E-state index is -0.0623. The van der Waals surface area contributed by atoms with E-state index in [0.29, 0.717) is 22.4 Å². The Balaban J connectivity index is 1.42. The van der Waals surface area contributed by atoms with E-state index in [2.05, 4.69) is 65.4 Å². The first kappa shape index (κ1) is 20.5. The zero-order valence-corrected chi connectivity index (χ0v) is 18.2. The maximum Gasteiger partial charge on any atom is 0.259 e. The van der Waals surface area contributed by atoms with Crippen molar-refractivity contribution in [2.24, 2.45) is 0 Å². The fourth-order valence-corrected chi connectivity index (χ4v) is 4.16. The highest BCUT2D eigenvalue weighted by molar-refractivity contribution is 6.06. The lowest BCUT2D eigenvalue weighted by atomic mass is 10.0. The molecule has 1 N–H and O–H groups in total. The van der Waals surface area contributed by atoms with Gasteiger partial charge in [-0.2, -0.15) is 0 Å². The van der Waals surface area contributed by atoms with Gasteiger partial charge in [-0.25, -0.2) is 4.98 Å². The highest BCUT2D eigenvalue weighted by atomic mass is 16.5. The van der Waals surface area contributed by atoms with Crippen LogP contribution in [-0.4, -0.2) is 40.1 Å². The molecule has 6 heteroatoms. The number of pyridine rings is 1. The fourth-order valence-electron chi connectivity index (χ4n) is 4.16. The van der Waals surface area contributed by atoms with Gasteiger partial charge in [0.25, 0.3) is 11.6 Å². The number of carbonyl (C=O) groups is 1. The Bertz CT molecular complexity index is 1050. The van der Waals surface area contributed by atoms with E-state index in [-0.39, 0.29) is 17.9 Å². The monoisotopic (exact) mass is 406 g/mol. The van der Waals surface area contributed by atoms with Crippen LogP contribution in [0, 0.1) is 13.8 Å². The van der Waals surface area contributed by atoms with Crippen LogP contribution in [0.4, 0.5) is 0 Å². The van der Waals surface area contributed by atoms with Crippen molar-refractivity contribution >= 4 is 17.0 Å². The molecule has 1 saturated heterocycles. The second-order valence-electron chi connectivity index (χ2n) is 8.71. The van der Waals surface area contributed by atoms with E-state index in [1.807, 2.05) is 13.0 Å². The van der Waals surface area contributed by atoms with Crippen LogP contribution in [0.3, 0.4) is 0 Å². The molecule has 1 aliphatic rings. The summed E-state index contributed by atoms with van der Waals surface area (Å²) >= 11 is 0. The number of hydrogen-bond acceptors (Lipinski definition) is 5. The Morgan fingerprint density at radius 2 is 2.00 bits per heavy atom. The molecular weight excluding hydrogens is 376 g/mol. The number of nitrogens with zero attached hydrogens (tertiary/aromatic N) is 3. The van der Waals surface area contributed by atoms with Crippen molar-refractivity contribution in [1.82, 2.24) is 20.4 Å². The van der Waals surface area contributed by atoms with Gasteiger partial charge in [-0.3, -0.25) is 9.69 Å². The first-order valence-electron chi connectivity index (χ1n) is 10.8. The largest absolute Gasteiger partial charge is 0.349 e. The summed E-state index contributed by atoms with van der Waals surface area (Å²) in [5, 5.41) is 7.98. The number of rotatable bonds is 5. The van der Waals surface area contributed by atoms with Crippen molar-refractivity contribution in [3.8, 4) is 0 Å². The molecule has 0 saturated carbocycles. The van der Waals surface area contributed by atoms with Gasteiger partial charge < -0.3 is 9.84 Å². The molecule has 2 aromatic heterocycles. The van der Waals surface area contributed by atoms with Crippen LogP contribution >= 0.6 is 0 Å². The van der Waals surface area contributed by atoms with E-state index < -0.39 is 0 Å². The third-order valence-electron chi connectivity index (χ3n) is 5.88. The molecule has 0 aliphatic carbocycles. The second kappa shape index (κ2) is 8.56. The van der Waals surface area contributed by atoms with E-state index in [1.165, 1.54) is 11.1 Å². The number of nitrogens with one attached hydrogen (secondary N) is 1. The topological polar surface area (TPSA) is 71.3 Å². The zero-order valence-electron chi connectivity index (χ0n) is 18.2. The van der Waals surface area contributed by atoms with Gasteiger partial charge in [0.1, 0.15) is 0 Å². The van der Waals surface area contributed by atoms with Crippen LogP contribution in [0.15, 0.2) is 34.9 Å². The SMILES string of the molecule is Cc1cccc(CN2CCC(NC(=O)c3cc(C(C)C)nc4onc(C)c34)CC2)c1. The Labute approximate surface area is 177 Å². The summed E-state index contributed by atoms with van der Waals surface area (Å²) in [5.74, 6) is 0.143. The molecular formula is C24H30N4O2. The van der Waals surface area contributed by atoms with Crippen molar-refractivity contribution < 1.29 is 9.32 Å². The maximum absolute atomic E-state index is 13.1. The van der Waals surface area contributed by atoms with Gasteiger partial charge in [-0.1, -0.05) is 48.8 Å². The molecule has 0 spiro atoms. The molecule has 0 unspecified atom stereocenters. The molecule has 0 atom stereocenters. The van der Waals surface area contributed by atoms with Crippen LogP contribution in [-0.2, 0) is 6.54 Å². The summed E-state index contributed by atoms with van der Waals surface area (Å²) in [5.41, 5.74) is 5.24. The standard InChI is InChI=1S/C24H30N4O2/c1-15(2)21-13-20(22-17(4)27-30-24(22)26-21)23(29)25-19-8-10-28(11-9-19)14-18-7-5-6-16(3)12-18/h5-7,12-13,15,19H,8-11,14H2,1-4H3,(H,25,29). The number of aromatic nitrogens is 2. The minimum absolute atomic E-state index is 0.0623. The summed E-state index contributed by atoms with van der Waals surface area (Å²) in [6, 6.07) is 10.7. The van der Waals surface area contributed by atoms with Crippen molar-refractivity contribution in [2.75, 3.05) is 13.1 Å². The van der Waals surface area contributed by atoms with Crippen LogP contribution in [0.1, 0.15) is 65.5 Å². The quantitative estimate of drug-likeness (QED) is 0.682. The van der Waals surface area contributed by atoms with E-state index in [1.54, 1.807) is 0 Å². The zero-order chi connectivity index (χ0) is 21.3. The molecule has 4 rings (SSSR count). The molecule has 30 heavy (non-hydrogen) atoms. The number of carbonyl (C=O) groups excluding carboxylic acids is 1. The van der Waals surface area contributed by atoms with Crippen LogP contribution < -0.4 is 5.32 Å².